The number of hydrogen-bond donors (Lipinski definition) is 1. The van der Waals surface area contributed by atoms with Crippen LogP contribution >= 0.6 is 0 Å². The van der Waals surface area contributed by atoms with Crippen molar-refractivity contribution < 1.29 is 22.7 Å². The molecular weight excluding hydrogens is 258 g/mol. The maximum atomic E-state index is 11.4. The van der Waals surface area contributed by atoms with Gasteiger partial charge in [-0.3, -0.25) is 0 Å². The van der Waals surface area contributed by atoms with Gasteiger partial charge in [0.1, 0.15) is 10.8 Å². The van der Waals surface area contributed by atoms with E-state index < -0.39 is 21.1 Å². The summed E-state index contributed by atoms with van der Waals surface area (Å²) in [6, 6.07) is 4.46. The van der Waals surface area contributed by atoms with Gasteiger partial charge in [0.05, 0.1) is 5.56 Å². The van der Waals surface area contributed by atoms with Crippen molar-refractivity contribution in [2.75, 3.05) is 6.26 Å². The number of carbonyl (C=O) groups is 1. The van der Waals surface area contributed by atoms with Crippen molar-refractivity contribution in [3.8, 4) is 0 Å². The van der Waals surface area contributed by atoms with Gasteiger partial charge in [0.2, 0.25) is 5.89 Å². The number of para-hydroxylation sites is 1. The third-order valence-electron chi connectivity index (χ3n) is 2.66. The second-order valence-electron chi connectivity index (χ2n) is 3.98. The molecule has 18 heavy (non-hydrogen) atoms. The first kappa shape index (κ1) is 12.6. The number of carboxylic acids is 1. The molecule has 0 aliphatic carbocycles. The zero-order chi connectivity index (χ0) is 13.5. The summed E-state index contributed by atoms with van der Waals surface area (Å²) in [5.74, 6) is -1.13. The normalized spacial score (nSPS) is 13.7. The number of aromatic nitrogens is 1. The second kappa shape index (κ2) is 4.09. The van der Waals surface area contributed by atoms with Crippen LogP contribution in [0.15, 0.2) is 22.6 Å². The lowest BCUT2D eigenvalue weighted by Crippen LogP contribution is -2.07. The number of sulfone groups is 1. The Morgan fingerprint density at radius 2 is 2.11 bits per heavy atom. The van der Waals surface area contributed by atoms with Crippen LogP contribution in [0.3, 0.4) is 0 Å². The van der Waals surface area contributed by atoms with Gasteiger partial charge in [0, 0.05) is 6.26 Å². The van der Waals surface area contributed by atoms with E-state index in [9.17, 15) is 13.2 Å². The molecule has 6 nitrogen and oxygen atoms in total. The van der Waals surface area contributed by atoms with Gasteiger partial charge in [-0.05, 0) is 19.1 Å². The molecule has 0 bridgehead atoms. The van der Waals surface area contributed by atoms with E-state index >= 15 is 0 Å². The zero-order valence-corrected chi connectivity index (χ0v) is 10.6. The molecule has 0 saturated heterocycles. The van der Waals surface area contributed by atoms with E-state index in [1.807, 2.05) is 0 Å². The molecule has 1 unspecified atom stereocenters. The topological polar surface area (TPSA) is 97.5 Å². The molecule has 7 heteroatoms. The molecule has 0 fully saturated rings. The summed E-state index contributed by atoms with van der Waals surface area (Å²) in [5, 5.41) is 8.08. The predicted molar refractivity (Wildman–Crippen MR) is 64.2 cm³/mol. The van der Waals surface area contributed by atoms with Gasteiger partial charge in [0.25, 0.3) is 0 Å². The average Bonchev–Trinajstić information content (AvgIpc) is 2.69. The number of benzene rings is 1. The predicted octanol–water partition coefficient (Wildman–Crippen LogP) is 1.63. The molecule has 0 spiro atoms. The van der Waals surface area contributed by atoms with Crippen LogP contribution in [0.5, 0.6) is 0 Å². The second-order valence-corrected chi connectivity index (χ2v) is 6.35. The van der Waals surface area contributed by atoms with Crippen LogP contribution in [0.4, 0.5) is 0 Å². The molecule has 0 amide bonds. The highest BCUT2D eigenvalue weighted by Gasteiger charge is 2.24. The highest BCUT2D eigenvalue weighted by molar-refractivity contribution is 7.90. The highest BCUT2D eigenvalue weighted by atomic mass is 32.2. The Balaban J connectivity index is 2.65. The smallest absolute Gasteiger partial charge is 0.338 e. The zero-order valence-electron chi connectivity index (χ0n) is 9.75. The summed E-state index contributed by atoms with van der Waals surface area (Å²) in [6.07, 6.45) is 1.07. The molecule has 1 atom stereocenters. The van der Waals surface area contributed by atoms with Crippen molar-refractivity contribution in [1.29, 1.82) is 0 Å². The van der Waals surface area contributed by atoms with Crippen molar-refractivity contribution >= 4 is 26.9 Å². The van der Waals surface area contributed by atoms with Crippen LogP contribution in [0, 0.1) is 0 Å². The Morgan fingerprint density at radius 1 is 1.44 bits per heavy atom. The third kappa shape index (κ3) is 2.08. The molecule has 1 aromatic carbocycles. The lowest BCUT2D eigenvalue weighted by atomic mass is 10.2. The Hall–Kier alpha value is -1.89. The van der Waals surface area contributed by atoms with Gasteiger partial charge in [-0.1, -0.05) is 6.07 Å². The van der Waals surface area contributed by atoms with Crippen molar-refractivity contribution in [2.45, 2.75) is 12.2 Å². The van der Waals surface area contributed by atoms with Crippen molar-refractivity contribution in [3.63, 3.8) is 0 Å². The van der Waals surface area contributed by atoms with E-state index in [0.717, 1.165) is 6.26 Å². The first-order chi connectivity index (χ1) is 8.30. The number of hydrogen-bond acceptors (Lipinski definition) is 5. The Labute approximate surface area is 103 Å². The third-order valence-corrected chi connectivity index (χ3v) is 4.14. The molecule has 0 radical (unpaired) electrons. The van der Waals surface area contributed by atoms with Gasteiger partial charge in [-0.2, -0.15) is 0 Å². The van der Waals surface area contributed by atoms with E-state index in [1.54, 1.807) is 6.07 Å². The molecule has 0 aliphatic heterocycles. The van der Waals surface area contributed by atoms with Crippen LogP contribution in [0.25, 0.3) is 11.1 Å². The monoisotopic (exact) mass is 269 g/mol. The minimum Gasteiger partial charge on any atom is -0.478 e. The fraction of sp³-hybridized carbons (Fsp3) is 0.273. The first-order valence-corrected chi connectivity index (χ1v) is 7.08. The van der Waals surface area contributed by atoms with Crippen LogP contribution in [-0.2, 0) is 9.84 Å². The van der Waals surface area contributed by atoms with Gasteiger partial charge < -0.3 is 9.52 Å². The lowest BCUT2D eigenvalue weighted by Gasteiger charge is -2.02. The summed E-state index contributed by atoms with van der Waals surface area (Å²) in [5.41, 5.74) is 0.416. The SMILES string of the molecule is CC(c1nc2c(C(=O)O)cccc2o1)S(C)(=O)=O. The van der Waals surface area contributed by atoms with Crippen molar-refractivity contribution in [1.82, 2.24) is 4.98 Å². The largest absolute Gasteiger partial charge is 0.478 e. The molecule has 0 saturated carbocycles. The fourth-order valence-electron chi connectivity index (χ4n) is 1.50. The number of rotatable bonds is 3. The van der Waals surface area contributed by atoms with Gasteiger partial charge in [0.15, 0.2) is 15.4 Å². The van der Waals surface area contributed by atoms with Crippen LogP contribution in [0.1, 0.15) is 28.4 Å². The molecule has 1 aromatic heterocycles. The van der Waals surface area contributed by atoms with Crippen LogP contribution in [0.2, 0.25) is 0 Å². The Kier molecular flexibility index (Phi) is 2.86. The quantitative estimate of drug-likeness (QED) is 0.909. The molecule has 1 heterocycles. The van der Waals surface area contributed by atoms with Gasteiger partial charge in [-0.25, -0.2) is 18.2 Å². The average molecular weight is 269 g/mol. The number of nitrogens with zero attached hydrogens (tertiary/aromatic N) is 1. The number of oxazole rings is 1. The van der Waals surface area contributed by atoms with Gasteiger partial charge in [-0.15, -0.1) is 0 Å². The molecule has 1 N–H and O–H groups in total. The molecule has 96 valence electrons. The summed E-state index contributed by atoms with van der Waals surface area (Å²) in [4.78, 5) is 15.0. The molecule has 0 aliphatic rings. The van der Waals surface area contributed by atoms with E-state index in [-0.39, 0.29) is 22.6 Å². The van der Waals surface area contributed by atoms with Crippen molar-refractivity contribution in [3.05, 3.63) is 29.7 Å². The summed E-state index contributed by atoms with van der Waals surface area (Å²) in [7, 11) is -3.34. The summed E-state index contributed by atoms with van der Waals surface area (Å²) >= 11 is 0. The fourth-order valence-corrected chi connectivity index (χ4v) is 1.96. The summed E-state index contributed by atoms with van der Waals surface area (Å²) in [6.45, 7) is 1.44. The summed E-state index contributed by atoms with van der Waals surface area (Å²) < 4.78 is 28.1. The standard InChI is InChI=1S/C11H11NO5S/c1-6(18(2,15)16)10-12-9-7(11(13)14)4-3-5-8(9)17-10/h3-6H,1-2H3,(H,13,14). The maximum absolute atomic E-state index is 11.4. The minimum absolute atomic E-state index is 0.00111. The minimum atomic E-state index is -3.34. The van der Waals surface area contributed by atoms with Crippen molar-refractivity contribution in [2.24, 2.45) is 0 Å². The van der Waals surface area contributed by atoms with Crippen LogP contribution < -0.4 is 0 Å². The van der Waals surface area contributed by atoms with E-state index in [0.29, 0.717) is 0 Å². The number of aromatic carboxylic acids is 1. The molecule has 2 aromatic rings. The van der Waals surface area contributed by atoms with Gasteiger partial charge >= 0.3 is 5.97 Å². The van der Waals surface area contributed by atoms with Crippen LogP contribution in [-0.4, -0.2) is 30.7 Å². The molecule has 2 rings (SSSR count). The van der Waals surface area contributed by atoms with E-state index in [1.165, 1.54) is 19.1 Å². The first-order valence-electron chi connectivity index (χ1n) is 5.12. The van der Waals surface area contributed by atoms with E-state index in [4.69, 9.17) is 9.52 Å². The highest BCUT2D eigenvalue weighted by Crippen LogP contribution is 2.26. The molecular formula is C11H11NO5S. The number of fused-ring (bicyclic) bond motifs is 1. The Morgan fingerprint density at radius 3 is 2.67 bits per heavy atom. The lowest BCUT2D eigenvalue weighted by molar-refractivity contribution is 0.0699. The number of carboxylic acid groups (broad SMARTS) is 1. The Bertz CT molecular complexity index is 716. The van der Waals surface area contributed by atoms with E-state index in [2.05, 4.69) is 4.98 Å². The maximum Gasteiger partial charge on any atom is 0.338 e.